The second-order valence-electron chi connectivity index (χ2n) is 4.91. The van der Waals surface area contributed by atoms with Crippen molar-refractivity contribution in [1.82, 2.24) is 5.16 Å². The third kappa shape index (κ3) is 2.86. The lowest BCUT2D eigenvalue weighted by Crippen LogP contribution is -2.09. The fourth-order valence-corrected chi connectivity index (χ4v) is 2.99. The summed E-state index contributed by atoms with van der Waals surface area (Å²) in [5, 5.41) is 14.2. The van der Waals surface area contributed by atoms with Crippen molar-refractivity contribution in [2.75, 3.05) is 4.47 Å². The van der Waals surface area contributed by atoms with Crippen LogP contribution in [0.4, 0.5) is 5.82 Å². The van der Waals surface area contributed by atoms with Gasteiger partial charge in [0.25, 0.3) is 0 Å². The first kappa shape index (κ1) is 14.7. The molecule has 1 aromatic heterocycles. The van der Waals surface area contributed by atoms with Crippen molar-refractivity contribution >= 4 is 17.8 Å². The zero-order valence-corrected chi connectivity index (χ0v) is 13.2. The molecule has 112 valence electrons. The fraction of sp³-hybridized carbons (Fsp3) is 0.118. The van der Waals surface area contributed by atoms with Crippen LogP contribution >= 0.6 is 11.9 Å². The Hall–Kier alpha value is -2.24. The molecular formula is C17H16N2O2S. The number of anilines is 1. The van der Waals surface area contributed by atoms with Crippen molar-refractivity contribution in [2.45, 2.75) is 18.7 Å². The maximum atomic E-state index is 10.3. The highest BCUT2D eigenvalue weighted by Gasteiger charge is 2.17. The highest BCUT2D eigenvalue weighted by atomic mass is 32.2. The number of benzene rings is 2. The van der Waals surface area contributed by atoms with E-state index in [0.717, 1.165) is 26.1 Å². The van der Waals surface area contributed by atoms with Crippen molar-refractivity contribution in [3.8, 4) is 11.1 Å². The van der Waals surface area contributed by atoms with Crippen molar-refractivity contribution in [2.24, 2.45) is 0 Å². The molecule has 22 heavy (non-hydrogen) atoms. The molecule has 3 rings (SSSR count). The lowest BCUT2D eigenvalue weighted by atomic mass is 10.1. The Morgan fingerprint density at radius 3 is 2.36 bits per heavy atom. The minimum absolute atomic E-state index is 0.422. The number of hydrogen-bond acceptors (Lipinski definition) is 5. The zero-order valence-electron chi connectivity index (χ0n) is 12.4. The van der Waals surface area contributed by atoms with Crippen LogP contribution in [-0.2, 0) is 0 Å². The molecule has 0 saturated heterocycles. The topological polar surface area (TPSA) is 49.5 Å². The van der Waals surface area contributed by atoms with E-state index in [2.05, 4.69) is 5.16 Å². The third-order valence-corrected chi connectivity index (χ3v) is 4.37. The van der Waals surface area contributed by atoms with E-state index in [-0.39, 0.29) is 0 Å². The molecule has 0 aliphatic heterocycles. The van der Waals surface area contributed by atoms with Crippen molar-refractivity contribution < 1.29 is 9.73 Å². The minimum Gasteiger partial charge on any atom is -0.359 e. The van der Waals surface area contributed by atoms with Gasteiger partial charge in [-0.15, -0.1) is 0 Å². The zero-order chi connectivity index (χ0) is 15.5. The van der Waals surface area contributed by atoms with Crippen LogP contribution in [0.25, 0.3) is 11.1 Å². The molecule has 1 N–H and O–H groups in total. The summed E-state index contributed by atoms with van der Waals surface area (Å²) in [6.07, 6.45) is 0. The lowest BCUT2D eigenvalue weighted by molar-refractivity contribution is 0.317. The third-order valence-electron chi connectivity index (χ3n) is 3.47. The van der Waals surface area contributed by atoms with Gasteiger partial charge in [-0.1, -0.05) is 53.7 Å². The van der Waals surface area contributed by atoms with Gasteiger partial charge in [-0.25, -0.2) is 0 Å². The maximum absolute atomic E-state index is 10.3. The van der Waals surface area contributed by atoms with Crippen LogP contribution in [0.5, 0.6) is 0 Å². The SMILES string of the molecule is Cc1onc(N(O)Sc2ccccc2-c2ccccc2)c1C. The highest BCUT2D eigenvalue weighted by Crippen LogP contribution is 2.35. The molecule has 2 aromatic carbocycles. The van der Waals surface area contributed by atoms with E-state index in [1.54, 1.807) is 0 Å². The molecular weight excluding hydrogens is 296 g/mol. The minimum atomic E-state index is 0.422. The quantitative estimate of drug-likeness (QED) is 0.550. The number of hydrogen-bond donors (Lipinski definition) is 1. The number of nitrogens with zero attached hydrogens (tertiary/aromatic N) is 2. The second kappa shape index (κ2) is 6.25. The first-order valence-corrected chi connectivity index (χ1v) is 7.68. The van der Waals surface area contributed by atoms with Gasteiger partial charge in [0.15, 0.2) is 0 Å². The number of aryl methyl sites for hydroxylation is 1. The second-order valence-corrected chi connectivity index (χ2v) is 5.88. The molecule has 4 nitrogen and oxygen atoms in total. The van der Waals surface area contributed by atoms with E-state index in [9.17, 15) is 5.21 Å². The van der Waals surface area contributed by atoms with Gasteiger partial charge in [0, 0.05) is 22.4 Å². The van der Waals surface area contributed by atoms with Crippen LogP contribution in [0.2, 0.25) is 0 Å². The van der Waals surface area contributed by atoms with Crippen LogP contribution in [0, 0.1) is 13.8 Å². The van der Waals surface area contributed by atoms with Crippen LogP contribution in [0.1, 0.15) is 11.3 Å². The summed E-state index contributed by atoms with van der Waals surface area (Å²) in [6, 6.07) is 18.0. The van der Waals surface area contributed by atoms with Crippen LogP contribution in [0.15, 0.2) is 64.0 Å². The fourth-order valence-electron chi connectivity index (χ4n) is 2.12. The predicted octanol–water partition coefficient (Wildman–Crippen LogP) is 4.86. The summed E-state index contributed by atoms with van der Waals surface area (Å²) in [7, 11) is 0. The van der Waals surface area contributed by atoms with Crippen LogP contribution in [0.3, 0.4) is 0 Å². The smallest absolute Gasteiger partial charge is 0.210 e. The molecule has 0 bridgehead atoms. The summed E-state index contributed by atoms with van der Waals surface area (Å²) >= 11 is 1.21. The van der Waals surface area contributed by atoms with E-state index in [4.69, 9.17) is 4.52 Å². The van der Waals surface area contributed by atoms with E-state index >= 15 is 0 Å². The van der Waals surface area contributed by atoms with Crippen molar-refractivity contribution in [3.63, 3.8) is 0 Å². The molecule has 3 aromatic rings. The molecule has 0 amide bonds. The first-order valence-electron chi connectivity index (χ1n) is 6.91. The van der Waals surface area contributed by atoms with Gasteiger partial charge in [-0.05, 0) is 31.0 Å². The monoisotopic (exact) mass is 312 g/mol. The largest absolute Gasteiger partial charge is 0.359 e. The van der Waals surface area contributed by atoms with E-state index in [1.807, 2.05) is 68.4 Å². The molecule has 0 aliphatic carbocycles. The summed E-state index contributed by atoms with van der Waals surface area (Å²) in [6.45, 7) is 3.69. The van der Waals surface area contributed by atoms with Crippen LogP contribution in [-0.4, -0.2) is 10.4 Å². The summed E-state index contributed by atoms with van der Waals surface area (Å²) in [5.74, 6) is 1.12. The lowest BCUT2D eigenvalue weighted by Gasteiger charge is -2.15. The molecule has 0 spiro atoms. The Morgan fingerprint density at radius 1 is 1.00 bits per heavy atom. The van der Waals surface area contributed by atoms with E-state index in [1.165, 1.54) is 11.9 Å². The molecule has 1 heterocycles. The molecule has 0 saturated carbocycles. The van der Waals surface area contributed by atoms with Crippen molar-refractivity contribution in [1.29, 1.82) is 0 Å². The maximum Gasteiger partial charge on any atom is 0.210 e. The first-order chi connectivity index (χ1) is 10.7. The summed E-state index contributed by atoms with van der Waals surface area (Å²) < 4.78 is 6.15. The van der Waals surface area contributed by atoms with Gasteiger partial charge in [0.05, 0.1) is 0 Å². The molecule has 0 fully saturated rings. The Balaban J connectivity index is 1.92. The van der Waals surface area contributed by atoms with E-state index in [0.29, 0.717) is 11.6 Å². The van der Waals surface area contributed by atoms with E-state index < -0.39 is 0 Å². The van der Waals surface area contributed by atoms with Crippen molar-refractivity contribution in [3.05, 3.63) is 65.9 Å². The normalized spacial score (nSPS) is 10.7. The molecule has 0 atom stereocenters. The number of aromatic nitrogens is 1. The Bertz CT molecular complexity index is 771. The van der Waals surface area contributed by atoms with Gasteiger partial charge in [0.1, 0.15) is 5.76 Å². The van der Waals surface area contributed by atoms with Gasteiger partial charge < -0.3 is 4.52 Å². The average Bonchev–Trinajstić information content (AvgIpc) is 2.88. The summed E-state index contributed by atoms with van der Waals surface area (Å²) in [4.78, 5) is 0.941. The Kier molecular flexibility index (Phi) is 4.18. The molecule has 0 aliphatic rings. The highest BCUT2D eigenvalue weighted by molar-refractivity contribution is 8.00. The van der Waals surface area contributed by atoms with Gasteiger partial charge in [0.2, 0.25) is 5.82 Å². The molecule has 5 heteroatoms. The Morgan fingerprint density at radius 2 is 1.68 bits per heavy atom. The summed E-state index contributed by atoms with van der Waals surface area (Å²) in [5.41, 5.74) is 2.99. The van der Waals surface area contributed by atoms with Crippen LogP contribution < -0.4 is 4.47 Å². The molecule has 0 unspecified atom stereocenters. The average molecular weight is 312 g/mol. The van der Waals surface area contributed by atoms with Gasteiger partial charge >= 0.3 is 0 Å². The van der Waals surface area contributed by atoms with Gasteiger partial charge in [-0.2, -0.15) is 4.47 Å². The molecule has 0 radical (unpaired) electrons. The van der Waals surface area contributed by atoms with Gasteiger partial charge in [-0.3, -0.25) is 5.21 Å². The predicted molar refractivity (Wildman–Crippen MR) is 88.0 cm³/mol. The number of rotatable bonds is 4. The Labute approximate surface area is 133 Å². The standard InChI is InChI=1S/C17H16N2O2S/c1-12-13(2)21-18-17(12)19(20)22-16-11-7-6-10-15(16)14-8-4-3-5-9-14/h3-11,20H,1-2H3.